The maximum atomic E-state index is 11.8. The summed E-state index contributed by atoms with van der Waals surface area (Å²) in [5, 5.41) is 0.546. The number of Topliss-reactive ketones (excluding diaryl/α,β-unsaturated/α-hetero) is 1. The summed E-state index contributed by atoms with van der Waals surface area (Å²) >= 11 is 9.33. The largest absolute Gasteiger partial charge is 0.294 e. The maximum absolute atomic E-state index is 11.8. The van der Waals surface area contributed by atoms with Crippen molar-refractivity contribution in [2.75, 3.05) is 0 Å². The number of ketones is 1. The van der Waals surface area contributed by atoms with Crippen molar-refractivity contribution < 1.29 is 4.79 Å². The number of benzene rings is 1. The molecule has 1 aromatic carbocycles. The second-order valence-electron chi connectivity index (χ2n) is 4.03. The third-order valence-electron chi connectivity index (χ3n) is 2.71. The Morgan fingerprint density at radius 2 is 2.20 bits per heavy atom. The zero-order valence-corrected chi connectivity index (χ0v) is 10.6. The summed E-state index contributed by atoms with van der Waals surface area (Å²) in [6.07, 6.45) is 4.24. The highest BCUT2D eigenvalue weighted by Gasteiger charge is 2.22. The summed E-state index contributed by atoms with van der Waals surface area (Å²) in [6, 6.07) is 5.42. The zero-order valence-electron chi connectivity index (χ0n) is 8.30. The fourth-order valence-electron chi connectivity index (χ4n) is 1.59. The first kappa shape index (κ1) is 11.2. The summed E-state index contributed by atoms with van der Waals surface area (Å²) in [4.78, 5) is 11.8. The Labute approximate surface area is 103 Å². The number of hydrogen-bond acceptors (Lipinski definition) is 1. The fourth-order valence-corrected chi connectivity index (χ4v) is 2.37. The van der Waals surface area contributed by atoms with Crippen LogP contribution in [0.15, 0.2) is 22.7 Å². The van der Waals surface area contributed by atoms with E-state index in [9.17, 15) is 4.79 Å². The molecule has 0 heterocycles. The number of rotatable bonds is 4. The average Bonchev–Trinajstić information content (AvgIpc) is 2.97. The van der Waals surface area contributed by atoms with E-state index in [0.29, 0.717) is 17.0 Å². The van der Waals surface area contributed by atoms with E-state index in [1.54, 1.807) is 12.1 Å². The van der Waals surface area contributed by atoms with Crippen LogP contribution in [0.1, 0.15) is 36.0 Å². The van der Waals surface area contributed by atoms with E-state index in [0.717, 1.165) is 16.8 Å². The van der Waals surface area contributed by atoms with E-state index in [4.69, 9.17) is 11.6 Å². The Morgan fingerprint density at radius 3 is 2.80 bits per heavy atom. The van der Waals surface area contributed by atoms with Crippen molar-refractivity contribution in [2.45, 2.75) is 25.7 Å². The van der Waals surface area contributed by atoms with E-state index in [2.05, 4.69) is 15.9 Å². The molecule has 0 atom stereocenters. The van der Waals surface area contributed by atoms with Crippen molar-refractivity contribution in [3.8, 4) is 0 Å². The molecular weight excluding hydrogens is 275 g/mol. The van der Waals surface area contributed by atoms with Crippen LogP contribution >= 0.6 is 27.5 Å². The van der Waals surface area contributed by atoms with Crippen LogP contribution in [-0.4, -0.2) is 5.78 Å². The molecule has 0 aliphatic heterocycles. The van der Waals surface area contributed by atoms with Gasteiger partial charge in [0.2, 0.25) is 0 Å². The molecule has 15 heavy (non-hydrogen) atoms. The van der Waals surface area contributed by atoms with Crippen molar-refractivity contribution in [1.82, 2.24) is 0 Å². The van der Waals surface area contributed by atoms with Gasteiger partial charge in [-0.15, -0.1) is 0 Å². The highest BCUT2D eigenvalue weighted by Crippen LogP contribution is 2.34. The molecule has 0 unspecified atom stereocenters. The smallest absolute Gasteiger partial charge is 0.164 e. The Kier molecular flexibility index (Phi) is 3.47. The lowest BCUT2D eigenvalue weighted by molar-refractivity contribution is 0.0978. The van der Waals surface area contributed by atoms with Crippen molar-refractivity contribution in [3.63, 3.8) is 0 Å². The first-order valence-corrected chi connectivity index (χ1v) is 6.32. The van der Waals surface area contributed by atoms with E-state index >= 15 is 0 Å². The Bertz CT molecular complexity index is 385. The number of carbonyl (C=O) groups is 1. The van der Waals surface area contributed by atoms with Gasteiger partial charge in [-0.05, 0) is 30.5 Å². The molecular formula is C12H12BrClO. The molecule has 1 aliphatic rings. The van der Waals surface area contributed by atoms with Crippen LogP contribution in [-0.2, 0) is 0 Å². The molecule has 80 valence electrons. The third-order valence-corrected chi connectivity index (χ3v) is 3.51. The van der Waals surface area contributed by atoms with E-state index in [-0.39, 0.29) is 5.78 Å². The van der Waals surface area contributed by atoms with Crippen LogP contribution in [0.25, 0.3) is 0 Å². The van der Waals surface area contributed by atoms with Crippen LogP contribution in [0.2, 0.25) is 5.02 Å². The standard InChI is InChI=1S/C12H12BrClO/c13-9-4-5-10(11(14)7-9)12(15)6-3-8-1-2-8/h4-5,7-8H,1-3,6H2. The second-order valence-corrected chi connectivity index (χ2v) is 5.35. The lowest BCUT2D eigenvalue weighted by Crippen LogP contribution is -2.00. The van der Waals surface area contributed by atoms with Gasteiger partial charge in [0.05, 0.1) is 5.02 Å². The van der Waals surface area contributed by atoms with Gasteiger partial charge in [-0.2, -0.15) is 0 Å². The highest BCUT2D eigenvalue weighted by atomic mass is 79.9. The molecule has 2 rings (SSSR count). The Morgan fingerprint density at radius 1 is 1.47 bits per heavy atom. The van der Waals surface area contributed by atoms with Gasteiger partial charge >= 0.3 is 0 Å². The molecule has 0 radical (unpaired) electrons. The van der Waals surface area contributed by atoms with Crippen LogP contribution in [0.4, 0.5) is 0 Å². The zero-order chi connectivity index (χ0) is 10.8. The predicted octanol–water partition coefficient (Wildman–Crippen LogP) is 4.48. The van der Waals surface area contributed by atoms with E-state index in [1.807, 2.05) is 6.07 Å². The molecule has 0 spiro atoms. The van der Waals surface area contributed by atoms with Crippen LogP contribution in [0.3, 0.4) is 0 Å². The first-order valence-electron chi connectivity index (χ1n) is 5.15. The summed E-state index contributed by atoms with van der Waals surface area (Å²) < 4.78 is 0.909. The van der Waals surface area contributed by atoms with Crippen molar-refractivity contribution in [2.24, 2.45) is 5.92 Å². The number of carbonyl (C=O) groups excluding carboxylic acids is 1. The monoisotopic (exact) mass is 286 g/mol. The lowest BCUT2D eigenvalue weighted by Gasteiger charge is -2.03. The summed E-state index contributed by atoms with van der Waals surface area (Å²) in [5.74, 6) is 0.961. The average molecular weight is 288 g/mol. The predicted molar refractivity (Wildman–Crippen MR) is 65.4 cm³/mol. The quantitative estimate of drug-likeness (QED) is 0.746. The summed E-state index contributed by atoms with van der Waals surface area (Å²) in [5.41, 5.74) is 0.653. The molecule has 1 aromatic rings. The van der Waals surface area contributed by atoms with Crippen molar-refractivity contribution in [1.29, 1.82) is 0 Å². The number of halogens is 2. The molecule has 1 saturated carbocycles. The highest BCUT2D eigenvalue weighted by molar-refractivity contribution is 9.10. The van der Waals surface area contributed by atoms with Crippen LogP contribution < -0.4 is 0 Å². The normalized spacial score (nSPS) is 15.3. The molecule has 0 saturated heterocycles. The van der Waals surface area contributed by atoms with Gasteiger partial charge in [0.25, 0.3) is 0 Å². The number of hydrogen-bond donors (Lipinski definition) is 0. The van der Waals surface area contributed by atoms with Gasteiger partial charge in [-0.1, -0.05) is 40.4 Å². The SMILES string of the molecule is O=C(CCC1CC1)c1ccc(Br)cc1Cl. The second kappa shape index (κ2) is 4.67. The molecule has 0 aromatic heterocycles. The van der Waals surface area contributed by atoms with Gasteiger partial charge in [0.15, 0.2) is 5.78 Å². The Balaban J connectivity index is 2.03. The third kappa shape index (κ3) is 3.05. The Hall–Kier alpha value is -0.340. The first-order chi connectivity index (χ1) is 7.16. The molecule has 0 amide bonds. The van der Waals surface area contributed by atoms with E-state index < -0.39 is 0 Å². The fraction of sp³-hybridized carbons (Fsp3) is 0.417. The van der Waals surface area contributed by atoms with Gasteiger partial charge < -0.3 is 0 Å². The molecule has 0 N–H and O–H groups in total. The van der Waals surface area contributed by atoms with Gasteiger partial charge in [-0.25, -0.2) is 0 Å². The molecule has 3 heteroatoms. The van der Waals surface area contributed by atoms with Crippen LogP contribution in [0.5, 0.6) is 0 Å². The summed E-state index contributed by atoms with van der Waals surface area (Å²) in [7, 11) is 0. The van der Waals surface area contributed by atoms with Crippen molar-refractivity contribution >= 4 is 33.3 Å². The van der Waals surface area contributed by atoms with E-state index in [1.165, 1.54) is 12.8 Å². The molecule has 1 nitrogen and oxygen atoms in total. The minimum absolute atomic E-state index is 0.166. The topological polar surface area (TPSA) is 17.1 Å². The molecule has 1 aliphatic carbocycles. The molecule has 1 fully saturated rings. The summed E-state index contributed by atoms with van der Waals surface area (Å²) in [6.45, 7) is 0. The maximum Gasteiger partial charge on any atom is 0.164 e. The van der Waals surface area contributed by atoms with Crippen molar-refractivity contribution in [3.05, 3.63) is 33.3 Å². The van der Waals surface area contributed by atoms with Gasteiger partial charge in [0.1, 0.15) is 0 Å². The lowest BCUT2D eigenvalue weighted by atomic mass is 10.1. The van der Waals surface area contributed by atoms with Crippen LogP contribution in [0, 0.1) is 5.92 Å². The minimum atomic E-state index is 0.166. The minimum Gasteiger partial charge on any atom is -0.294 e. The van der Waals surface area contributed by atoms with Gasteiger partial charge in [-0.3, -0.25) is 4.79 Å². The molecule has 0 bridgehead atoms. The van der Waals surface area contributed by atoms with Gasteiger partial charge in [0, 0.05) is 16.5 Å².